The lowest BCUT2D eigenvalue weighted by molar-refractivity contribution is -0.140. The lowest BCUT2D eigenvalue weighted by Crippen LogP contribution is -2.48. The van der Waals surface area contributed by atoms with Gasteiger partial charge in [-0.3, -0.25) is 9.59 Å². The van der Waals surface area contributed by atoms with E-state index in [0.717, 1.165) is 23.1 Å². The molecule has 0 aliphatic carbocycles. The Bertz CT molecular complexity index is 1140. The number of hydrogen-bond acceptors (Lipinski definition) is 3. The molecule has 0 N–H and O–H groups in total. The summed E-state index contributed by atoms with van der Waals surface area (Å²) in [6.45, 7) is 4.37. The third-order valence-electron chi connectivity index (χ3n) is 5.90. The molecule has 1 atom stereocenters. The maximum absolute atomic E-state index is 13.6. The number of fused-ring (bicyclic) bond motifs is 1. The molecule has 6 heteroatoms. The lowest BCUT2D eigenvalue weighted by atomic mass is 9.93. The van der Waals surface area contributed by atoms with Crippen molar-refractivity contribution in [2.24, 2.45) is 0 Å². The van der Waals surface area contributed by atoms with E-state index in [1.807, 2.05) is 60.5 Å². The molecule has 0 saturated heterocycles. The molecule has 2 aromatic carbocycles. The van der Waals surface area contributed by atoms with Crippen molar-refractivity contribution in [3.05, 3.63) is 99.5 Å². The highest BCUT2D eigenvalue weighted by Gasteiger charge is 2.34. The first-order chi connectivity index (χ1) is 15.9. The van der Waals surface area contributed by atoms with Crippen molar-refractivity contribution < 1.29 is 14.0 Å². The zero-order valence-corrected chi connectivity index (χ0v) is 19.6. The molecule has 0 saturated carbocycles. The first-order valence-electron chi connectivity index (χ1n) is 11.1. The Balaban J connectivity index is 1.56. The second-order valence-corrected chi connectivity index (χ2v) is 9.39. The van der Waals surface area contributed by atoms with Crippen molar-refractivity contribution in [3.8, 4) is 0 Å². The number of benzene rings is 2. The lowest BCUT2D eigenvalue weighted by Gasteiger charge is -2.38. The first kappa shape index (κ1) is 22.9. The van der Waals surface area contributed by atoms with Crippen LogP contribution in [0.2, 0.25) is 0 Å². The highest BCUT2D eigenvalue weighted by molar-refractivity contribution is 7.10. The maximum atomic E-state index is 13.6. The number of amides is 2. The van der Waals surface area contributed by atoms with Gasteiger partial charge in [0.15, 0.2) is 0 Å². The molecule has 0 unspecified atom stereocenters. The summed E-state index contributed by atoms with van der Waals surface area (Å²) < 4.78 is 13.6. The van der Waals surface area contributed by atoms with Gasteiger partial charge < -0.3 is 9.80 Å². The molecule has 0 radical (unpaired) electrons. The van der Waals surface area contributed by atoms with Gasteiger partial charge in [-0.2, -0.15) is 0 Å². The summed E-state index contributed by atoms with van der Waals surface area (Å²) in [6.07, 6.45) is 4.06. The predicted molar refractivity (Wildman–Crippen MR) is 130 cm³/mol. The van der Waals surface area contributed by atoms with Gasteiger partial charge in [-0.1, -0.05) is 42.5 Å². The normalized spacial score (nSPS) is 15.6. The maximum Gasteiger partial charge on any atom is 0.247 e. The molecule has 1 aliphatic rings. The van der Waals surface area contributed by atoms with E-state index in [-0.39, 0.29) is 36.3 Å². The average Bonchev–Trinajstić information content (AvgIpc) is 3.30. The summed E-state index contributed by atoms with van der Waals surface area (Å²) >= 11 is 1.68. The molecule has 1 aliphatic heterocycles. The van der Waals surface area contributed by atoms with Gasteiger partial charge in [0, 0.05) is 23.5 Å². The van der Waals surface area contributed by atoms with Crippen LogP contribution in [0.4, 0.5) is 4.39 Å². The highest BCUT2D eigenvalue weighted by Crippen LogP contribution is 2.38. The fourth-order valence-corrected chi connectivity index (χ4v) is 5.07. The van der Waals surface area contributed by atoms with E-state index in [1.165, 1.54) is 23.1 Å². The Morgan fingerprint density at radius 3 is 2.55 bits per heavy atom. The summed E-state index contributed by atoms with van der Waals surface area (Å²) in [4.78, 5) is 31.1. The van der Waals surface area contributed by atoms with E-state index in [9.17, 15) is 14.0 Å². The summed E-state index contributed by atoms with van der Waals surface area (Å²) in [5.74, 6) is -0.620. The van der Waals surface area contributed by atoms with Crippen LogP contribution in [0.5, 0.6) is 0 Å². The monoisotopic (exact) mass is 462 g/mol. The van der Waals surface area contributed by atoms with Crippen molar-refractivity contribution in [1.82, 2.24) is 9.80 Å². The van der Waals surface area contributed by atoms with Gasteiger partial charge in [-0.25, -0.2) is 4.39 Å². The van der Waals surface area contributed by atoms with Crippen molar-refractivity contribution in [1.29, 1.82) is 0 Å². The van der Waals surface area contributed by atoms with Crippen LogP contribution in [-0.4, -0.2) is 40.7 Å². The molecule has 33 heavy (non-hydrogen) atoms. The molecule has 3 aromatic rings. The van der Waals surface area contributed by atoms with Crippen molar-refractivity contribution in [2.45, 2.75) is 32.4 Å². The second kappa shape index (κ2) is 10.1. The number of halogens is 1. The Hall–Kier alpha value is -3.25. The molecule has 2 amide bonds. The number of carbonyl (C=O) groups is 2. The van der Waals surface area contributed by atoms with Gasteiger partial charge >= 0.3 is 0 Å². The van der Waals surface area contributed by atoms with E-state index in [1.54, 1.807) is 34.4 Å². The zero-order valence-electron chi connectivity index (χ0n) is 18.8. The molecular formula is C27H27FN2O2S. The third-order valence-corrected chi connectivity index (χ3v) is 6.90. The van der Waals surface area contributed by atoms with Crippen LogP contribution < -0.4 is 0 Å². The fraction of sp³-hybridized carbons (Fsp3) is 0.259. The SMILES string of the molecule is CC(C)N(CC(=O)N1CCc2sccc2[C@@H]1c1ccc(F)cc1)C(=O)/C=C/c1ccccc1. The summed E-state index contributed by atoms with van der Waals surface area (Å²) in [6, 6.07) is 17.6. The van der Waals surface area contributed by atoms with Crippen LogP contribution in [0.25, 0.3) is 6.08 Å². The van der Waals surface area contributed by atoms with Crippen molar-refractivity contribution >= 4 is 29.2 Å². The molecule has 0 bridgehead atoms. The number of hydrogen-bond donors (Lipinski definition) is 0. The van der Waals surface area contributed by atoms with Crippen LogP contribution in [0.3, 0.4) is 0 Å². The van der Waals surface area contributed by atoms with E-state index >= 15 is 0 Å². The van der Waals surface area contributed by atoms with E-state index in [4.69, 9.17) is 0 Å². The molecule has 0 spiro atoms. The molecule has 2 heterocycles. The number of nitrogens with zero attached hydrogens (tertiary/aromatic N) is 2. The van der Waals surface area contributed by atoms with Crippen LogP contribution >= 0.6 is 11.3 Å². The quantitative estimate of drug-likeness (QED) is 0.466. The predicted octanol–water partition coefficient (Wildman–Crippen LogP) is 5.31. The van der Waals surface area contributed by atoms with Gasteiger partial charge in [0.1, 0.15) is 12.4 Å². The van der Waals surface area contributed by atoms with Crippen LogP contribution in [0.15, 0.2) is 72.1 Å². The largest absolute Gasteiger partial charge is 0.330 e. The van der Waals surface area contributed by atoms with Crippen LogP contribution in [0.1, 0.15) is 41.5 Å². The minimum Gasteiger partial charge on any atom is -0.330 e. The fourth-order valence-electron chi connectivity index (χ4n) is 4.17. The van der Waals surface area contributed by atoms with Gasteiger partial charge in [0.2, 0.25) is 11.8 Å². The van der Waals surface area contributed by atoms with E-state index < -0.39 is 0 Å². The smallest absolute Gasteiger partial charge is 0.247 e. The standard InChI is InChI=1S/C27H27FN2O2S/c1-19(2)30(25(31)13-8-20-6-4-3-5-7-20)18-26(32)29-16-14-24-23(15-17-33-24)27(29)21-9-11-22(28)12-10-21/h3-13,15,17,19,27H,14,16,18H2,1-2H3/b13-8+/t27-/m0/s1. The van der Waals surface area contributed by atoms with E-state index in [0.29, 0.717) is 6.54 Å². The second-order valence-electron chi connectivity index (χ2n) is 8.39. The Morgan fingerprint density at radius 1 is 1.12 bits per heavy atom. The van der Waals surface area contributed by atoms with Gasteiger partial charge in [-0.05, 0) is 66.6 Å². The Morgan fingerprint density at radius 2 is 1.85 bits per heavy atom. The van der Waals surface area contributed by atoms with Crippen molar-refractivity contribution in [2.75, 3.05) is 13.1 Å². The topological polar surface area (TPSA) is 40.6 Å². The number of thiophene rings is 1. The molecule has 4 rings (SSSR count). The van der Waals surface area contributed by atoms with Crippen molar-refractivity contribution in [3.63, 3.8) is 0 Å². The zero-order chi connectivity index (χ0) is 23.4. The Labute approximate surface area is 198 Å². The average molecular weight is 463 g/mol. The minimum atomic E-state index is -0.306. The minimum absolute atomic E-state index is 0.00715. The highest BCUT2D eigenvalue weighted by atomic mass is 32.1. The Kier molecular flexibility index (Phi) is 7.04. The summed E-state index contributed by atoms with van der Waals surface area (Å²) in [7, 11) is 0. The van der Waals surface area contributed by atoms with Gasteiger partial charge in [0.25, 0.3) is 0 Å². The number of carbonyl (C=O) groups excluding carboxylic acids is 2. The van der Waals surface area contributed by atoms with Crippen LogP contribution in [0, 0.1) is 5.82 Å². The van der Waals surface area contributed by atoms with E-state index in [2.05, 4.69) is 0 Å². The summed E-state index contributed by atoms with van der Waals surface area (Å²) in [5.41, 5.74) is 2.88. The molecule has 4 nitrogen and oxygen atoms in total. The van der Waals surface area contributed by atoms with Gasteiger partial charge in [-0.15, -0.1) is 11.3 Å². The van der Waals surface area contributed by atoms with Crippen LogP contribution in [-0.2, 0) is 16.0 Å². The molecular weight excluding hydrogens is 435 g/mol. The van der Waals surface area contributed by atoms with Gasteiger partial charge in [0.05, 0.1) is 6.04 Å². The molecule has 0 fully saturated rings. The third kappa shape index (κ3) is 5.22. The first-order valence-corrected chi connectivity index (χ1v) is 12.0. The number of rotatable bonds is 6. The summed E-state index contributed by atoms with van der Waals surface area (Å²) in [5, 5.41) is 2.04. The molecule has 170 valence electrons. The molecule has 1 aromatic heterocycles.